The fraction of sp³-hybridized carbons (Fsp3) is 0.200. The van der Waals surface area contributed by atoms with Gasteiger partial charge in [-0.1, -0.05) is 29.8 Å². The molecule has 0 heterocycles. The molecule has 0 saturated heterocycles. The first-order valence-electron chi connectivity index (χ1n) is 5.91. The van der Waals surface area contributed by atoms with Gasteiger partial charge in [-0.15, -0.1) is 0 Å². The van der Waals surface area contributed by atoms with Crippen molar-refractivity contribution in [2.75, 3.05) is 0 Å². The van der Waals surface area contributed by atoms with Crippen LogP contribution in [-0.4, -0.2) is 11.2 Å². The lowest BCUT2D eigenvalue weighted by Gasteiger charge is -2.12. The van der Waals surface area contributed by atoms with Crippen molar-refractivity contribution in [1.82, 2.24) is 0 Å². The average Bonchev–Trinajstić information content (AvgIpc) is 2.33. The summed E-state index contributed by atoms with van der Waals surface area (Å²) in [6.07, 6.45) is -0.0640. The van der Waals surface area contributed by atoms with Gasteiger partial charge >= 0.3 is 0 Å². The standard InChI is InChI=1S/C15H13ClF2O/c16-15-9-13(18)5-4-11(15)8-14(19)7-10-2-1-3-12(17)6-10/h1-6,9,14,19H,7-8H2. The van der Waals surface area contributed by atoms with Crippen molar-refractivity contribution in [3.05, 3.63) is 70.2 Å². The van der Waals surface area contributed by atoms with Gasteiger partial charge in [-0.05, 0) is 41.8 Å². The van der Waals surface area contributed by atoms with Gasteiger partial charge in [0, 0.05) is 11.4 Å². The Bertz CT molecular complexity index is 572. The van der Waals surface area contributed by atoms with Crippen LogP contribution in [0.4, 0.5) is 8.78 Å². The third kappa shape index (κ3) is 4.01. The minimum absolute atomic E-state index is 0.290. The molecule has 2 rings (SSSR count). The van der Waals surface area contributed by atoms with Gasteiger partial charge < -0.3 is 5.11 Å². The van der Waals surface area contributed by atoms with Crippen molar-refractivity contribution < 1.29 is 13.9 Å². The van der Waals surface area contributed by atoms with Gasteiger partial charge in [-0.25, -0.2) is 8.78 Å². The molecule has 1 nitrogen and oxygen atoms in total. The zero-order chi connectivity index (χ0) is 13.8. The van der Waals surface area contributed by atoms with E-state index in [2.05, 4.69) is 0 Å². The predicted octanol–water partition coefficient (Wildman–Crippen LogP) is 3.76. The number of hydrogen-bond acceptors (Lipinski definition) is 1. The van der Waals surface area contributed by atoms with Crippen LogP contribution in [0.5, 0.6) is 0 Å². The van der Waals surface area contributed by atoms with Crippen LogP contribution in [-0.2, 0) is 12.8 Å². The average molecular weight is 283 g/mol. The molecule has 2 aromatic rings. The minimum atomic E-state index is -0.690. The molecule has 1 unspecified atom stereocenters. The molecule has 0 fully saturated rings. The highest BCUT2D eigenvalue weighted by Gasteiger charge is 2.10. The van der Waals surface area contributed by atoms with Gasteiger partial charge in [-0.3, -0.25) is 0 Å². The predicted molar refractivity (Wildman–Crippen MR) is 71.2 cm³/mol. The Morgan fingerprint density at radius 3 is 2.42 bits per heavy atom. The summed E-state index contributed by atoms with van der Waals surface area (Å²) in [5.41, 5.74) is 1.39. The van der Waals surface area contributed by atoms with E-state index < -0.39 is 11.9 Å². The molecule has 100 valence electrons. The van der Waals surface area contributed by atoms with E-state index in [1.54, 1.807) is 18.2 Å². The van der Waals surface area contributed by atoms with Crippen LogP contribution in [0.3, 0.4) is 0 Å². The molecule has 0 bridgehead atoms. The molecule has 1 atom stereocenters. The summed E-state index contributed by atoms with van der Waals surface area (Å²) in [6.45, 7) is 0. The summed E-state index contributed by atoms with van der Waals surface area (Å²) in [5.74, 6) is -0.738. The monoisotopic (exact) mass is 282 g/mol. The molecule has 0 aliphatic carbocycles. The Morgan fingerprint density at radius 1 is 1.00 bits per heavy atom. The van der Waals surface area contributed by atoms with Gasteiger partial charge in [0.2, 0.25) is 0 Å². The maximum absolute atomic E-state index is 13.0. The summed E-state index contributed by atoms with van der Waals surface area (Å²) in [6, 6.07) is 10.2. The lowest BCUT2D eigenvalue weighted by atomic mass is 10.0. The quantitative estimate of drug-likeness (QED) is 0.905. The van der Waals surface area contributed by atoms with Crippen molar-refractivity contribution in [3.63, 3.8) is 0 Å². The number of aliphatic hydroxyl groups excluding tert-OH is 1. The smallest absolute Gasteiger partial charge is 0.124 e. The van der Waals surface area contributed by atoms with Gasteiger partial charge in [0.1, 0.15) is 11.6 Å². The molecule has 1 N–H and O–H groups in total. The van der Waals surface area contributed by atoms with E-state index in [0.29, 0.717) is 29.0 Å². The summed E-state index contributed by atoms with van der Waals surface area (Å²) in [7, 11) is 0. The van der Waals surface area contributed by atoms with Gasteiger partial charge in [-0.2, -0.15) is 0 Å². The van der Waals surface area contributed by atoms with Crippen molar-refractivity contribution in [3.8, 4) is 0 Å². The summed E-state index contributed by atoms with van der Waals surface area (Å²) >= 11 is 5.89. The Morgan fingerprint density at radius 2 is 1.74 bits per heavy atom. The normalized spacial score (nSPS) is 12.4. The van der Waals surface area contributed by atoms with Crippen LogP contribution in [0.2, 0.25) is 5.02 Å². The molecule has 19 heavy (non-hydrogen) atoms. The largest absolute Gasteiger partial charge is 0.392 e. The molecule has 0 aliphatic heterocycles. The van der Waals surface area contributed by atoms with Crippen molar-refractivity contribution in [1.29, 1.82) is 0 Å². The van der Waals surface area contributed by atoms with E-state index in [0.717, 1.165) is 0 Å². The van der Waals surface area contributed by atoms with Gasteiger partial charge in [0.15, 0.2) is 0 Å². The highest BCUT2D eigenvalue weighted by molar-refractivity contribution is 6.31. The second-order valence-corrected chi connectivity index (χ2v) is 4.83. The Kier molecular flexibility index (Phi) is 4.51. The zero-order valence-electron chi connectivity index (χ0n) is 10.1. The van der Waals surface area contributed by atoms with E-state index in [1.807, 2.05) is 0 Å². The van der Waals surface area contributed by atoms with Crippen LogP contribution in [0, 0.1) is 11.6 Å². The number of benzene rings is 2. The van der Waals surface area contributed by atoms with E-state index in [1.165, 1.54) is 24.3 Å². The third-order valence-electron chi connectivity index (χ3n) is 2.83. The van der Waals surface area contributed by atoms with Crippen LogP contribution in [0.15, 0.2) is 42.5 Å². The lowest BCUT2D eigenvalue weighted by Crippen LogP contribution is -2.14. The zero-order valence-corrected chi connectivity index (χ0v) is 10.9. The molecular weight excluding hydrogens is 270 g/mol. The number of rotatable bonds is 4. The Labute approximate surface area is 115 Å². The number of hydrogen-bond donors (Lipinski definition) is 1. The maximum atomic E-state index is 13.0. The minimum Gasteiger partial charge on any atom is -0.392 e. The highest BCUT2D eigenvalue weighted by Crippen LogP contribution is 2.20. The Hall–Kier alpha value is -1.45. The fourth-order valence-electron chi connectivity index (χ4n) is 1.95. The van der Waals surface area contributed by atoms with Crippen LogP contribution in [0.25, 0.3) is 0 Å². The summed E-state index contributed by atoms with van der Waals surface area (Å²) in [5, 5.41) is 10.3. The van der Waals surface area contributed by atoms with Crippen molar-refractivity contribution in [2.24, 2.45) is 0 Å². The second-order valence-electron chi connectivity index (χ2n) is 4.43. The molecule has 2 aromatic carbocycles. The molecule has 0 radical (unpaired) electrons. The maximum Gasteiger partial charge on any atom is 0.124 e. The van der Waals surface area contributed by atoms with Crippen molar-refractivity contribution in [2.45, 2.75) is 18.9 Å². The van der Waals surface area contributed by atoms with E-state index in [4.69, 9.17) is 11.6 Å². The lowest BCUT2D eigenvalue weighted by molar-refractivity contribution is 0.175. The highest BCUT2D eigenvalue weighted by atomic mass is 35.5. The summed E-state index contributed by atoms with van der Waals surface area (Å²) < 4.78 is 25.9. The van der Waals surface area contributed by atoms with Gasteiger partial charge in [0.05, 0.1) is 6.10 Å². The van der Waals surface area contributed by atoms with Crippen molar-refractivity contribution >= 4 is 11.6 Å². The molecule has 0 saturated carbocycles. The first kappa shape index (κ1) is 14.0. The van der Waals surface area contributed by atoms with E-state index in [9.17, 15) is 13.9 Å². The van der Waals surface area contributed by atoms with Crippen LogP contribution >= 0.6 is 11.6 Å². The van der Waals surface area contributed by atoms with Crippen LogP contribution < -0.4 is 0 Å². The van der Waals surface area contributed by atoms with E-state index in [-0.39, 0.29) is 5.82 Å². The first-order valence-corrected chi connectivity index (χ1v) is 6.29. The van der Waals surface area contributed by atoms with Gasteiger partial charge in [0.25, 0.3) is 0 Å². The molecule has 0 aromatic heterocycles. The van der Waals surface area contributed by atoms with E-state index >= 15 is 0 Å². The molecular formula is C15H13ClF2O. The molecule has 0 aliphatic rings. The summed E-state index contributed by atoms with van der Waals surface area (Å²) in [4.78, 5) is 0. The molecule has 0 amide bonds. The third-order valence-corrected chi connectivity index (χ3v) is 3.18. The fourth-order valence-corrected chi connectivity index (χ4v) is 2.19. The SMILES string of the molecule is OC(Cc1cccc(F)c1)Cc1ccc(F)cc1Cl. The molecule has 0 spiro atoms. The number of halogens is 3. The Balaban J connectivity index is 2.03. The topological polar surface area (TPSA) is 20.2 Å². The number of aliphatic hydroxyl groups is 1. The second kappa shape index (κ2) is 6.13. The van der Waals surface area contributed by atoms with Crippen LogP contribution in [0.1, 0.15) is 11.1 Å². The first-order chi connectivity index (χ1) is 9.04. The molecule has 4 heteroatoms.